The third kappa shape index (κ3) is 6.93. The molecular formula is C20H32N4O6S. The third-order valence-electron chi connectivity index (χ3n) is 4.30. The highest BCUT2D eigenvalue weighted by atomic mass is 32.2. The molecule has 0 heterocycles. The molecule has 0 radical (unpaired) electrons. The fourth-order valence-corrected chi connectivity index (χ4v) is 5.02. The number of ether oxygens (including phenoxy) is 1. The molecule has 0 aliphatic rings. The summed E-state index contributed by atoms with van der Waals surface area (Å²) in [5, 5.41) is 9.98. The maximum absolute atomic E-state index is 13.3. The molecule has 31 heavy (non-hydrogen) atoms. The quantitative estimate of drug-likeness (QED) is 0.140. The number of guanidine groups is 1. The van der Waals surface area contributed by atoms with E-state index in [2.05, 4.69) is 9.71 Å². The number of aryl methyl sites for hydroxylation is 3. The Hall–Kier alpha value is -2.66. The van der Waals surface area contributed by atoms with Crippen molar-refractivity contribution in [3.63, 3.8) is 0 Å². The van der Waals surface area contributed by atoms with Crippen molar-refractivity contribution in [2.45, 2.75) is 70.4 Å². The van der Waals surface area contributed by atoms with Crippen molar-refractivity contribution in [1.29, 1.82) is 0 Å². The number of rotatable bonds is 9. The average molecular weight is 457 g/mol. The van der Waals surface area contributed by atoms with E-state index >= 15 is 0 Å². The number of sulfonamides is 1. The number of nitrogens with zero attached hydrogens (tertiary/aromatic N) is 1. The molecule has 0 fully saturated rings. The number of carbonyl (C=O) groups is 2. The molecule has 174 valence electrons. The van der Waals surface area contributed by atoms with Crippen molar-refractivity contribution in [1.82, 2.24) is 4.72 Å². The van der Waals surface area contributed by atoms with Crippen molar-refractivity contribution in [2.24, 2.45) is 16.5 Å². The zero-order valence-electron chi connectivity index (χ0n) is 18.8. The van der Waals surface area contributed by atoms with Gasteiger partial charge < -0.3 is 21.3 Å². The van der Waals surface area contributed by atoms with Gasteiger partial charge in [0, 0.05) is 6.54 Å². The molecule has 1 atom stereocenters. The van der Waals surface area contributed by atoms with Gasteiger partial charge in [-0.3, -0.25) is 4.99 Å². The lowest BCUT2D eigenvalue weighted by Crippen LogP contribution is -2.61. The molecule has 10 nitrogen and oxygen atoms in total. The molecule has 1 aromatic rings. The minimum Gasteiger partial charge on any atom is -0.479 e. The van der Waals surface area contributed by atoms with Crippen LogP contribution < -0.4 is 16.2 Å². The Balaban J connectivity index is 3.52. The summed E-state index contributed by atoms with van der Waals surface area (Å²) in [4.78, 5) is 28.9. The topological polar surface area (TPSA) is 174 Å². The van der Waals surface area contributed by atoms with Crippen molar-refractivity contribution >= 4 is 27.9 Å². The third-order valence-corrected chi connectivity index (χ3v) is 6.10. The predicted molar refractivity (Wildman–Crippen MR) is 117 cm³/mol. The minimum absolute atomic E-state index is 0.00444. The second-order valence-corrected chi connectivity index (χ2v) is 10.1. The molecule has 11 heteroatoms. The number of hydrogen-bond acceptors (Lipinski definition) is 6. The molecule has 6 N–H and O–H groups in total. The van der Waals surface area contributed by atoms with E-state index in [0.29, 0.717) is 11.1 Å². The Morgan fingerprint density at radius 2 is 1.65 bits per heavy atom. The first-order valence-electron chi connectivity index (χ1n) is 9.66. The summed E-state index contributed by atoms with van der Waals surface area (Å²) in [5.74, 6) is -3.11. The molecule has 0 amide bonds. The highest BCUT2D eigenvalue weighted by molar-refractivity contribution is 7.89. The number of aliphatic carboxylic acids is 1. The van der Waals surface area contributed by atoms with Gasteiger partial charge in [0.2, 0.25) is 15.6 Å². The number of carboxylic acid groups (broad SMARTS) is 1. The smallest absolute Gasteiger partial charge is 0.339 e. The Kier molecular flexibility index (Phi) is 8.21. The zero-order valence-corrected chi connectivity index (χ0v) is 19.6. The van der Waals surface area contributed by atoms with Crippen LogP contribution in [-0.2, 0) is 24.3 Å². The Labute approximate surface area is 183 Å². The first-order chi connectivity index (χ1) is 14.0. The first kappa shape index (κ1) is 26.4. The summed E-state index contributed by atoms with van der Waals surface area (Å²) in [7, 11) is -4.41. The summed E-state index contributed by atoms with van der Waals surface area (Å²) in [6.45, 7) is 9.69. The van der Waals surface area contributed by atoms with Crippen molar-refractivity contribution in [2.75, 3.05) is 6.54 Å². The van der Waals surface area contributed by atoms with Gasteiger partial charge in [-0.25, -0.2) is 18.0 Å². The molecule has 0 aliphatic heterocycles. The van der Waals surface area contributed by atoms with Gasteiger partial charge in [0.15, 0.2) is 5.96 Å². The Bertz CT molecular complexity index is 955. The minimum atomic E-state index is -4.41. The monoisotopic (exact) mass is 456 g/mol. The summed E-state index contributed by atoms with van der Waals surface area (Å²) in [5.41, 5.74) is 8.65. The number of carboxylic acids is 1. The van der Waals surface area contributed by atoms with Gasteiger partial charge in [0.25, 0.3) is 0 Å². The van der Waals surface area contributed by atoms with E-state index in [4.69, 9.17) is 16.2 Å². The number of nitrogens with two attached hydrogens (primary N) is 2. The van der Waals surface area contributed by atoms with E-state index in [-0.39, 0.29) is 23.8 Å². The van der Waals surface area contributed by atoms with Crippen LogP contribution in [0.5, 0.6) is 0 Å². The van der Waals surface area contributed by atoms with Crippen LogP contribution >= 0.6 is 0 Å². The van der Waals surface area contributed by atoms with Crippen LogP contribution in [-0.4, -0.2) is 49.1 Å². The second kappa shape index (κ2) is 9.65. The summed E-state index contributed by atoms with van der Waals surface area (Å²) >= 11 is 0. The highest BCUT2D eigenvalue weighted by Gasteiger charge is 2.52. The lowest BCUT2D eigenvalue weighted by atomic mass is 9.94. The molecule has 1 aromatic carbocycles. The summed E-state index contributed by atoms with van der Waals surface area (Å²) in [6, 6.07) is 3.33. The normalized spacial score (nSPS) is 13.9. The van der Waals surface area contributed by atoms with Crippen LogP contribution in [0.1, 0.15) is 50.3 Å². The van der Waals surface area contributed by atoms with E-state index < -0.39 is 39.5 Å². The van der Waals surface area contributed by atoms with Crippen LogP contribution in [0.25, 0.3) is 0 Å². The van der Waals surface area contributed by atoms with Gasteiger partial charge in [-0.2, -0.15) is 4.72 Å². The Morgan fingerprint density at radius 1 is 1.13 bits per heavy atom. The van der Waals surface area contributed by atoms with E-state index in [0.717, 1.165) is 5.56 Å². The molecular weight excluding hydrogens is 424 g/mol. The average Bonchev–Trinajstić information content (AvgIpc) is 2.53. The number of esters is 1. The first-order valence-corrected chi connectivity index (χ1v) is 11.1. The van der Waals surface area contributed by atoms with Crippen LogP contribution in [0, 0.1) is 20.8 Å². The van der Waals surface area contributed by atoms with Crippen LogP contribution in [0.2, 0.25) is 0 Å². The van der Waals surface area contributed by atoms with Gasteiger partial charge in [-0.1, -0.05) is 17.7 Å². The van der Waals surface area contributed by atoms with E-state index in [1.807, 2.05) is 6.92 Å². The molecule has 0 aliphatic carbocycles. The second-order valence-electron chi connectivity index (χ2n) is 8.46. The fraction of sp³-hybridized carbons (Fsp3) is 0.550. The zero-order chi connectivity index (χ0) is 24.2. The maximum atomic E-state index is 13.3. The van der Waals surface area contributed by atoms with Crippen LogP contribution in [0.4, 0.5) is 0 Å². The predicted octanol–water partition coefficient (Wildman–Crippen LogP) is 1.11. The van der Waals surface area contributed by atoms with E-state index in [1.54, 1.807) is 46.8 Å². The molecule has 0 unspecified atom stereocenters. The van der Waals surface area contributed by atoms with E-state index in [1.165, 1.54) is 0 Å². The van der Waals surface area contributed by atoms with Gasteiger partial charge in [-0.15, -0.1) is 0 Å². The molecule has 1 rings (SSSR count). The summed E-state index contributed by atoms with van der Waals surface area (Å²) in [6.07, 6.45) is -0.408. The SMILES string of the molecule is Cc1cc(C)c(S(=O)(=O)N[C@@](CCCN=C(N)N)(C(=O)O)C(=O)OC(C)(C)C)c(C)c1. The molecule has 0 spiro atoms. The molecule has 0 saturated heterocycles. The number of hydrogen-bond donors (Lipinski definition) is 4. The number of carbonyl (C=O) groups excluding carboxylic acids is 1. The van der Waals surface area contributed by atoms with Gasteiger partial charge in [0.05, 0.1) is 4.90 Å². The molecule has 0 aromatic heterocycles. The number of nitrogens with one attached hydrogen (secondary N) is 1. The number of benzene rings is 1. The van der Waals surface area contributed by atoms with Gasteiger partial charge in [0.1, 0.15) is 5.60 Å². The van der Waals surface area contributed by atoms with E-state index in [9.17, 15) is 23.1 Å². The lowest BCUT2D eigenvalue weighted by Gasteiger charge is -2.32. The van der Waals surface area contributed by atoms with Crippen LogP contribution in [0.15, 0.2) is 22.0 Å². The maximum Gasteiger partial charge on any atom is 0.339 e. The van der Waals surface area contributed by atoms with Gasteiger partial charge >= 0.3 is 11.9 Å². The van der Waals surface area contributed by atoms with Crippen molar-refractivity contribution in [3.05, 3.63) is 28.8 Å². The van der Waals surface area contributed by atoms with Crippen molar-refractivity contribution < 1.29 is 27.9 Å². The molecule has 0 saturated carbocycles. The van der Waals surface area contributed by atoms with Gasteiger partial charge in [-0.05, 0) is 65.5 Å². The number of aliphatic imine (C=N–C) groups is 1. The largest absolute Gasteiger partial charge is 0.479 e. The lowest BCUT2D eigenvalue weighted by molar-refractivity contribution is -0.170. The molecule has 0 bridgehead atoms. The standard InChI is InChI=1S/C20H32N4O6S/c1-12-10-13(2)15(14(3)11-12)31(28,29)24-20(16(25)26,8-7-9-23-18(21)22)17(27)30-19(4,5)6/h10-11,24H,7-9H2,1-6H3,(H,25,26)(H4,21,22,23)/t20-/m0/s1. The Morgan fingerprint density at radius 3 is 2.06 bits per heavy atom. The highest BCUT2D eigenvalue weighted by Crippen LogP contribution is 2.27. The van der Waals surface area contributed by atoms with Crippen LogP contribution in [0.3, 0.4) is 0 Å². The fourth-order valence-electron chi connectivity index (χ4n) is 3.22. The van der Waals surface area contributed by atoms with Crippen molar-refractivity contribution in [3.8, 4) is 0 Å². The summed E-state index contributed by atoms with van der Waals surface area (Å²) < 4.78 is 33.9.